The van der Waals surface area contributed by atoms with Gasteiger partial charge in [0.15, 0.2) is 0 Å². The molecule has 1 amide bonds. The van der Waals surface area contributed by atoms with Gasteiger partial charge in [0, 0.05) is 18.3 Å². The lowest BCUT2D eigenvalue weighted by molar-refractivity contribution is -0.106. The first-order chi connectivity index (χ1) is 5.70. The second-order valence-corrected chi connectivity index (χ2v) is 2.65. The molecule has 0 bridgehead atoms. The van der Waals surface area contributed by atoms with Crippen LogP contribution in [0.2, 0.25) is 0 Å². The van der Waals surface area contributed by atoms with Crippen molar-refractivity contribution in [3.8, 4) is 0 Å². The van der Waals surface area contributed by atoms with Crippen molar-refractivity contribution in [2.75, 3.05) is 26.7 Å². The van der Waals surface area contributed by atoms with Crippen LogP contribution in [-0.4, -0.2) is 44.2 Å². The number of ether oxygens (including phenoxy) is 1. The highest BCUT2D eigenvalue weighted by molar-refractivity contribution is 5.46. The average molecular weight is 174 g/mol. The van der Waals surface area contributed by atoms with Crippen molar-refractivity contribution in [1.29, 1.82) is 0 Å². The number of hydrogen-bond donors (Lipinski definition) is 0. The van der Waals surface area contributed by atoms with Crippen molar-refractivity contribution in [3.05, 3.63) is 4.91 Å². The Kier molecular flexibility index (Phi) is 6.41. The summed E-state index contributed by atoms with van der Waals surface area (Å²) in [6, 6.07) is 0. The largest absolute Gasteiger partial charge is 0.376 e. The molecule has 0 aliphatic carbocycles. The summed E-state index contributed by atoms with van der Waals surface area (Å²) in [6.07, 6.45) is 0.383. The van der Waals surface area contributed by atoms with Gasteiger partial charge in [-0.2, -0.15) is 0 Å². The molecule has 0 saturated carbocycles. The fraction of sp³-hybridized carbons (Fsp3) is 0.857. The van der Waals surface area contributed by atoms with Crippen molar-refractivity contribution < 1.29 is 9.53 Å². The number of nitrogens with zero attached hydrogens (tertiary/aromatic N) is 2. The maximum Gasteiger partial charge on any atom is 0.274 e. The molecule has 12 heavy (non-hydrogen) atoms. The quantitative estimate of drug-likeness (QED) is 0.422. The van der Waals surface area contributed by atoms with Gasteiger partial charge in [-0.15, -0.1) is 4.91 Å². The Morgan fingerprint density at radius 2 is 2.25 bits per heavy atom. The van der Waals surface area contributed by atoms with E-state index < -0.39 is 0 Å². The maximum absolute atomic E-state index is 8.69. The summed E-state index contributed by atoms with van der Waals surface area (Å²) in [4.78, 5) is 19.5. The SMILES string of the molecule is CC1CN(C)CCO1.O=CN=O. The molecule has 0 aromatic carbocycles. The first-order valence-corrected chi connectivity index (χ1v) is 3.77. The first-order valence-electron chi connectivity index (χ1n) is 3.77. The Labute approximate surface area is 71.7 Å². The molecule has 1 saturated heterocycles. The minimum atomic E-state index is -0.0556. The summed E-state index contributed by atoms with van der Waals surface area (Å²) in [5.41, 5.74) is 0. The monoisotopic (exact) mass is 174 g/mol. The summed E-state index contributed by atoms with van der Waals surface area (Å²) in [5.74, 6) is 0. The van der Waals surface area contributed by atoms with Gasteiger partial charge in [-0.05, 0) is 14.0 Å². The summed E-state index contributed by atoms with van der Waals surface area (Å²) < 4.78 is 5.31. The molecule has 1 unspecified atom stereocenters. The van der Waals surface area contributed by atoms with E-state index in [0.29, 0.717) is 6.10 Å². The summed E-state index contributed by atoms with van der Waals surface area (Å²) in [5, 5.41) is 1.81. The molecule has 5 nitrogen and oxygen atoms in total. The molecule has 5 heteroatoms. The van der Waals surface area contributed by atoms with Gasteiger partial charge in [-0.25, -0.2) is 0 Å². The number of likely N-dealkylation sites (N-methyl/N-ethyl adjacent to an activating group) is 1. The molecule has 70 valence electrons. The van der Waals surface area contributed by atoms with Crippen molar-refractivity contribution in [2.24, 2.45) is 5.18 Å². The van der Waals surface area contributed by atoms with Crippen molar-refractivity contribution in [3.63, 3.8) is 0 Å². The lowest BCUT2D eigenvalue weighted by atomic mass is 10.3. The van der Waals surface area contributed by atoms with Crippen LogP contribution in [0.3, 0.4) is 0 Å². The number of amides is 1. The predicted molar refractivity (Wildman–Crippen MR) is 44.8 cm³/mol. The number of carbonyl (C=O) groups is 1. The van der Waals surface area contributed by atoms with Crippen molar-refractivity contribution in [1.82, 2.24) is 4.90 Å². The van der Waals surface area contributed by atoms with Crippen LogP contribution >= 0.6 is 0 Å². The van der Waals surface area contributed by atoms with Gasteiger partial charge in [0.1, 0.15) is 0 Å². The van der Waals surface area contributed by atoms with E-state index in [4.69, 9.17) is 14.4 Å². The highest BCUT2D eigenvalue weighted by Crippen LogP contribution is 1.99. The van der Waals surface area contributed by atoms with Gasteiger partial charge in [0.2, 0.25) is 0 Å². The second-order valence-electron chi connectivity index (χ2n) is 2.65. The third kappa shape index (κ3) is 5.94. The minimum absolute atomic E-state index is 0.0556. The Morgan fingerprint density at radius 1 is 1.67 bits per heavy atom. The third-order valence-corrected chi connectivity index (χ3v) is 1.49. The van der Waals surface area contributed by atoms with Crippen LogP contribution in [0, 0.1) is 4.91 Å². The molecule has 1 aliphatic heterocycles. The molecule has 1 rings (SSSR count). The number of morpholine rings is 1. The minimum Gasteiger partial charge on any atom is -0.376 e. The Hall–Kier alpha value is -0.810. The zero-order chi connectivity index (χ0) is 9.40. The van der Waals surface area contributed by atoms with E-state index in [-0.39, 0.29) is 6.41 Å². The highest BCUT2D eigenvalue weighted by atomic mass is 16.5. The van der Waals surface area contributed by atoms with Gasteiger partial charge in [0.05, 0.1) is 12.7 Å². The molecule has 0 spiro atoms. The molecular weight excluding hydrogens is 160 g/mol. The molecule has 1 atom stereocenters. The molecule has 0 aromatic heterocycles. The van der Waals surface area contributed by atoms with Crippen LogP contribution < -0.4 is 0 Å². The van der Waals surface area contributed by atoms with Gasteiger partial charge in [0.25, 0.3) is 6.41 Å². The fourth-order valence-corrected chi connectivity index (χ4v) is 0.993. The Morgan fingerprint density at radius 3 is 2.50 bits per heavy atom. The van der Waals surface area contributed by atoms with Crippen molar-refractivity contribution >= 4 is 6.41 Å². The van der Waals surface area contributed by atoms with Crippen LogP contribution in [0.15, 0.2) is 5.18 Å². The van der Waals surface area contributed by atoms with E-state index in [1.54, 1.807) is 5.18 Å². The van der Waals surface area contributed by atoms with Gasteiger partial charge in [-0.1, -0.05) is 0 Å². The van der Waals surface area contributed by atoms with E-state index in [9.17, 15) is 0 Å². The number of hydrogen-bond acceptors (Lipinski definition) is 4. The Bertz CT molecular complexity index is 127. The molecule has 1 aliphatic rings. The Balaban J connectivity index is 0.000000261. The predicted octanol–water partition coefficient (Wildman–Crippen LogP) is 0.246. The zero-order valence-electron chi connectivity index (χ0n) is 7.40. The molecule has 0 N–H and O–H groups in total. The normalized spacial score (nSPS) is 23.7. The van der Waals surface area contributed by atoms with Crippen LogP contribution in [0.5, 0.6) is 0 Å². The fourth-order valence-electron chi connectivity index (χ4n) is 0.993. The maximum atomic E-state index is 8.69. The summed E-state index contributed by atoms with van der Waals surface area (Å²) in [7, 11) is 2.12. The summed E-state index contributed by atoms with van der Waals surface area (Å²) in [6.45, 7) is 5.18. The van der Waals surface area contributed by atoms with E-state index in [1.165, 1.54) is 0 Å². The molecule has 1 fully saturated rings. The molecule has 0 radical (unpaired) electrons. The van der Waals surface area contributed by atoms with Crippen LogP contribution in [0.1, 0.15) is 6.92 Å². The van der Waals surface area contributed by atoms with Crippen LogP contribution in [0.25, 0.3) is 0 Å². The van der Waals surface area contributed by atoms with Gasteiger partial charge < -0.3 is 9.64 Å². The number of nitroso groups, excluding NO2 is 1. The van der Waals surface area contributed by atoms with Gasteiger partial charge in [-0.3, -0.25) is 4.79 Å². The van der Waals surface area contributed by atoms with Crippen LogP contribution in [0.4, 0.5) is 0 Å². The lowest BCUT2D eigenvalue weighted by Crippen LogP contribution is -2.38. The van der Waals surface area contributed by atoms with E-state index in [2.05, 4.69) is 18.9 Å². The summed E-state index contributed by atoms with van der Waals surface area (Å²) >= 11 is 0. The van der Waals surface area contributed by atoms with E-state index in [1.807, 2.05) is 0 Å². The van der Waals surface area contributed by atoms with Crippen LogP contribution in [-0.2, 0) is 9.53 Å². The second kappa shape index (κ2) is 6.87. The highest BCUT2D eigenvalue weighted by Gasteiger charge is 2.11. The molecular formula is C7H14N2O3. The smallest absolute Gasteiger partial charge is 0.274 e. The van der Waals surface area contributed by atoms with E-state index in [0.717, 1.165) is 19.7 Å². The molecule has 0 aromatic rings. The topological polar surface area (TPSA) is 59.0 Å². The van der Waals surface area contributed by atoms with Gasteiger partial charge >= 0.3 is 0 Å². The zero-order valence-corrected chi connectivity index (χ0v) is 7.40. The standard InChI is InChI=1S/C6H13NO.CHNO2/c1-6-5-7(2)3-4-8-6;3-1-2-4/h6H,3-5H2,1-2H3;1H. The average Bonchev–Trinajstić information content (AvgIpc) is 2.04. The van der Waals surface area contributed by atoms with E-state index >= 15 is 0 Å². The third-order valence-electron chi connectivity index (χ3n) is 1.49. The van der Waals surface area contributed by atoms with Crippen molar-refractivity contribution in [2.45, 2.75) is 13.0 Å². The first kappa shape index (κ1) is 11.2. The molecule has 1 heterocycles. The number of carbonyl (C=O) groups excluding carboxylic acids is 1. The lowest BCUT2D eigenvalue weighted by Gasteiger charge is -2.27. The number of rotatable bonds is 1.